The lowest BCUT2D eigenvalue weighted by Crippen LogP contribution is -2.42. The predicted octanol–water partition coefficient (Wildman–Crippen LogP) is 2.34. The Bertz CT molecular complexity index is 545. The van der Waals surface area contributed by atoms with Crippen molar-refractivity contribution in [2.75, 3.05) is 18.0 Å². The van der Waals surface area contributed by atoms with E-state index in [0.717, 1.165) is 36.2 Å². The molecule has 1 aliphatic rings. The van der Waals surface area contributed by atoms with Crippen LogP contribution in [-0.4, -0.2) is 29.1 Å². The molecule has 100 valence electrons. The smallest absolute Gasteiger partial charge is 0.140 e. The number of anilines is 1. The van der Waals surface area contributed by atoms with Gasteiger partial charge in [0.1, 0.15) is 12.1 Å². The molecule has 1 aromatic heterocycles. The van der Waals surface area contributed by atoms with Gasteiger partial charge in [0.2, 0.25) is 0 Å². The molecule has 0 bridgehead atoms. The highest BCUT2D eigenvalue weighted by Crippen LogP contribution is 2.31. The number of hydrogen-bond donors (Lipinski definition) is 1. The number of rotatable bonds is 5. The molecule has 1 heterocycles. The maximum absolute atomic E-state index is 5.67. The van der Waals surface area contributed by atoms with E-state index in [0.29, 0.717) is 6.04 Å². The molecule has 0 spiro atoms. The highest BCUT2D eigenvalue weighted by atomic mass is 15.2. The van der Waals surface area contributed by atoms with Gasteiger partial charge in [-0.3, -0.25) is 0 Å². The lowest BCUT2D eigenvalue weighted by molar-refractivity contribution is 0.383. The van der Waals surface area contributed by atoms with E-state index < -0.39 is 0 Å². The van der Waals surface area contributed by atoms with E-state index in [9.17, 15) is 0 Å². The summed E-state index contributed by atoms with van der Waals surface area (Å²) in [5, 5.41) is 1.15. The number of benzene rings is 1. The van der Waals surface area contributed by atoms with Gasteiger partial charge in [-0.05, 0) is 44.4 Å². The third-order valence-electron chi connectivity index (χ3n) is 3.91. The Morgan fingerprint density at radius 3 is 2.79 bits per heavy atom. The first kappa shape index (κ1) is 12.4. The summed E-state index contributed by atoms with van der Waals surface area (Å²) in [7, 11) is 0. The van der Waals surface area contributed by atoms with Gasteiger partial charge in [-0.25, -0.2) is 9.97 Å². The molecule has 1 saturated carbocycles. The van der Waals surface area contributed by atoms with Gasteiger partial charge in [0, 0.05) is 18.0 Å². The lowest BCUT2D eigenvalue weighted by atomic mass is 9.91. The number of nitrogens with zero attached hydrogens (tertiary/aromatic N) is 3. The topological polar surface area (TPSA) is 55.0 Å². The van der Waals surface area contributed by atoms with Crippen molar-refractivity contribution in [3.05, 3.63) is 30.6 Å². The van der Waals surface area contributed by atoms with Gasteiger partial charge >= 0.3 is 0 Å². The van der Waals surface area contributed by atoms with Crippen LogP contribution in [0.5, 0.6) is 0 Å². The molecule has 2 aromatic rings. The second kappa shape index (κ2) is 5.53. The minimum absolute atomic E-state index is 0.629. The molecule has 1 aliphatic carbocycles. The second-order valence-electron chi connectivity index (χ2n) is 5.13. The van der Waals surface area contributed by atoms with E-state index >= 15 is 0 Å². The third-order valence-corrected chi connectivity index (χ3v) is 3.91. The fourth-order valence-electron chi connectivity index (χ4n) is 2.64. The van der Waals surface area contributed by atoms with Crippen molar-refractivity contribution in [1.29, 1.82) is 0 Å². The first-order chi connectivity index (χ1) is 9.40. The Morgan fingerprint density at radius 2 is 2.05 bits per heavy atom. The number of aromatic nitrogens is 2. The minimum Gasteiger partial charge on any atom is -0.353 e. The van der Waals surface area contributed by atoms with Crippen molar-refractivity contribution in [3.63, 3.8) is 0 Å². The lowest BCUT2D eigenvalue weighted by Gasteiger charge is -2.38. The van der Waals surface area contributed by atoms with Crippen LogP contribution in [0.3, 0.4) is 0 Å². The minimum atomic E-state index is 0.629. The standard InChI is InChI=1S/C15H20N4/c16-9-4-10-19(12-5-3-6-12)15-13-7-1-2-8-14(13)17-11-18-15/h1-2,7-8,11-12H,3-6,9-10,16H2. The summed E-state index contributed by atoms with van der Waals surface area (Å²) in [5.41, 5.74) is 6.69. The Labute approximate surface area is 113 Å². The van der Waals surface area contributed by atoms with E-state index in [-0.39, 0.29) is 0 Å². The van der Waals surface area contributed by atoms with Crippen LogP contribution in [0.4, 0.5) is 5.82 Å². The normalized spacial score (nSPS) is 15.4. The molecule has 0 saturated heterocycles. The third kappa shape index (κ3) is 2.40. The molecule has 1 fully saturated rings. The maximum atomic E-state index is 5.67. The van der Waals surface area contributed by atoms with Crippen molar-refractivity contribution in [2.45, 2.75) is 31.7 Å². The summed E-state index contributed by atoms with van der Waals surface area (Å²) in [6.07, 6.45) is 6.54. The van der Waals surface area contributed by atoms with Crippen molar-refractivity contribution < 1.29 is 0 Å². The monoisotopic (exact) mass is 256 g/mol. The van der Waals surface area contributed by atoms with Crippen LogP contribution in [0.15, 0.2) is 30.6 Å². The Balaban J connectivity index is 1.98. The van der Waals surface area contributed by atoms with Crippen LogP contribution >= 0.6 is 0 Å². The number of nitrogens with two attached hydrogens (primary N) is 1. The molecule has 4 heteroatoms. The van der Waals surface area contributed by atoms with Crippen molar-refractivity contribution in [2.24, 2.45) is 5.73 Å². The zero-order valence-corrected chi connectivity index (χ0v) is 11.1. The van der Waals surface area contributed by atoms with Crippen LogP contribution in [0.2, 0.25) is 0 Å². The summed E-state index contributed by atoms with van der Waals surface area (Å²) in [6.45, 7) is 1.72. The van der Waals surface area contributed by atoms with Crippen LogP contribution < -0.4 is 10.6 Å². The summed E-state index contributed by atoms with van der Waals surface area (Å²) in [6, 6.07) is 8.86. The average Bonchev–Trinajstić information content (AvgIpc) is 2.41. The summed E-state index contributed by atoms with van der Waals surface area (Å²) in [4.78, 5) is 11.3. The van der Waals surface area contributed by atoms with Crippen molar-refractivity contribution >= 4 is 16.7 Å². The molecule has 0 atom stereocenters. The molecule has 2 N–H and O–H groups in total. The zero-order valence-electron chi connectivity index (χ0n) is 11.1. The summed E-state index contributed by atoms with van der Waals surface area (Å²) >= 11 is 0. The molecular weight excluding hydrogens is 236 g/mol. The first-order valence-corrected chi connectivity index (χ1v) is 7.06. The fraction of sp³-hybridized carbons (Fsp3) is 0.467. The molecule has 1 aromatic carbocycles. The average molecular weight is 256 g/mol. The Morgan fingerprint density at radius 1 is 1.21 bits per heavy atom. The SMILES string of the molecule is NCCCN(c1ncnc2ccccc12)C1CCC1. The summed E-state index contributed by atoms with van der Waals surface area (Å²) in [5.74, 6) is 1.07. The second-order valence-corrected chi connectivity index (χ2v) is 5.13. The van der Waals surface area contributed by atoms with Crippen molar-refractivity contribution in [3.8, 4) is 0 Å². The summed E-state index contributed by atoms with van der Waals surface area (Å²) < 4.78 is 0. The fourth-order valence-corrected chi connectivity index (χ4v) is 2.64. The quantitative estimate of drug-likeness (QED) is 0.892. The van der Waals surface area contributed by atoms with Crippen LogP contribution in [0.25, 0.3) is 10.9 Å². The number of fused-ring (bicyclic) bond motifs is 1. The highest BCUT2D eigenvalue weighted by molar-refractivity contribution is 5.89. The largest absolute Gasteiger partial charge is 0.353 e. The van der Waals surface area contributed by atoms with E-state index in [1.54, 1.807) is 6.33 Å². The van der Waals surface area contributed by atoms with Gasteiger partial charge in [-0.2, -0.15) is 0 Å². The molecule has 0 unspecified atom stereocenters. The van der Waals surface area contributed by atoms with Crippen LogP contribution in [0, 0.1) is 0 Å². The zero-order chi connectivity index (χ0) is 13.1. The Hall–Kier alpha value is -1.68. The van der Waals surface area contributed by atoms with Gasteiger partial charge in [0.05, 0.1) is 5.52 Å². The number of para-hydroxylation sites is 1. The molecule has 0 aliphatic heterocycles. The maximum Gasteiger partial charge on any atom is 0.140 e. The first-order valence-electron chi connectivity index (χ1n) is 7.06. The van der Waals surface area contributed by atoms with E-state index in [2.05, 4.69) is 27.0 Å². The molecule has 0 radical (unpaired) electrons. The van der Waals surface area contributed by atoms with Crippen LogP contribution in [-0.2, 0) is 0 Å². The van der Waals surface area contributed by atoms with E-state index in [1.807, 2.05) is 12.1 Å². The van der Waals surface area contributed by atoms with Gasteiger partial charge in [0.25, 0.3) is 0 Å². The van der Waals surface area contributed by atoms with Crippen molar-refractivity contribution in [1.82, 2.24) is 9.97 Å². The Kier molecular flexibility index (Phi) is 3.60. The van der Waals surface area contributed by atoms with Crippen LogP contribution in [0.1, 0.15) is 25.7 Å². The predicted molar refractivity (Wildman–Crippen MR) is 78.2 cm³/mol. The molecule has 0 amide bonds. The van der Waals surface area contributed by atoms with Gasteiger partial charge in [-0.15, -0.1) is 0 Å². The highest BCUT2D eigenvalue weighted by Gasteiger charge is 2.26. The van der Waals surface area contributed by atoms with E-state index in [4.69, 9.17) is 5.73 Å². The molecule has 19 heavy (non-hydrogen) atoms. The van der Waals surface area contributed by atoms with Gasteiger partial charge in [0.15, 0.2) is 0 Å². The molecule has 3 rings (SSSR count). The van der Waals surface area contributed by atoms with Gasteiger partial charge in [-0.1, -0.05) is 12.1 Å². The molecule has 4 nitrogen and oxygen atoms in total. The molecular formula is C15H20N4. The van der Waals surface area contributed by atoms with Gasteiger partial charge < -0.3 is 10.6 Å². The van der Waals surface area contributed by atoms with E-state index in [1.165, 1.54) is 19.3 Å². The number of hydrogen-bond acceptors (Lipinski definition) is 4.